The van der Waals surface area contributed by atoms with E-state index < -0.39 is 5.82 Å². The molecule has 0 unspecified atom stereocenters. The molecule has 4 saturated heterocycles. The topological polar surface area (TPSA) is 86.6 Å². The van der Waals surface area contributed by atoms with Crippen LogP contribution in [0.15, 0.2) is 30.5 Å². The number of phenolic OH excluding ortho intramolecular Hbond substituents is 1. The summed E-state index contributed by atoms with van der Waals surface area (Å²) in [5.41, 5.74) is 0.917. The van der Waals surface area contributed by atoms with E-state index in [0.29, 0.717) is 52.2 Å². The number of ether oxygens (including phenoxy) is 1. The summed E-state index contributed by atoms with van der Waals surface area (Å²) in [5.74, 6) is -0.417. The van der Waals surface area contributed by atoms with Crippen molar-refractivity contribution in [3.05, 3.63) is 47.7 Å². The van der Waals surface area contributed by atoms with Crippen LogP contribution >= 0.6 is 0 Å². The number of hydrogen-bond acceptors (Lipinski definition) is 8. The number of anilines is 1. The Morgan fingerprint density at radius 2 is 1.98 bits per heavy atom. The molecule has 0 radical (unpaired) electrons. The number of benzene rings is 2. The van der Waals surface area contributed by atoms with Crippen molar-refractivity contribution in [1.29, 1.82) is 0 Å². The minimum Gasteiger partial charge on any atom is -0.508 e. The molecule has 218 valence electrons. The van der Waals surface area contributed by atoms with Crippen LogP contribution in [0.4, 0.5) is 14.6 Å². The number of fused-ring (bicyclic) bond motifs is 5. The summed E-state index contributed by atoms with van der Waals surface area (Å²) in [7, 11) is 0. The van der Waals surface area contributed by atoms with Gasteiger partial charge in [-0.15, -0.1) is 0 Å². The maximum absolute atomic E-state index is 16.7. The Morgan fingerprint density at radius 3 is 2.71 bits per heavy atom. The van der Waals surface area contributed by atoms with Gasteiger partial charge in [0.2, 0.25) is 0 Å². The van der Waals surface area contributed by atoms with Gasteiger partial charge >= 0.3 is 6.01 Å². The van der Waals surface area contributed by atoms with E-state index in [9.17, 15) is 9.50 Å². The summed E-state index contributed by atoms with van der Waals surface area (Å²) >= 11 is 0. The number of halogens is 2. The van der Waals surface area contributed by atoms with Crippen LogP contribution < -0.4 is 15.0 Å². The smallest absolute Gasteiger partial charge is 0.319 e. The summed E-state index contributed by atoms with van der Waals surface area (Å²) in [5, 5.41) is 15.7. The highest BCUT2D eigenvalue weighted by Crippen LogP contribution is 2.42. The molecular weight excluding hydrogens is 538 g/mol. The number of hydrogen-bond donors (Lipinski definition) is 2. The molecule has 0 amide bonds. The third-order valence-corrected chi connectivity index (χ3v) is 10.0. The van der Waals surface area contributed by atoms with E-state index in [-0.39, 0.29) is 40.4 Å². The van der Waals surface area contributed by atoms with Crippen molar-refractivity contribution < 1.29 is 18.6 Å². The minimum atomic E-state index is -0.636. The van der Waals surface area contributed by atoms with E-state index in [1.54, 1.807) is 18.3 Å². The Kier molecular flexibility index (Phi) is 6.01. The molecule has 2 N–H and O–H groups in total. The predicted octanol–water partition coefficient (Wildman–Crippen LogP) is 4.95. The lowest BCUT2D eigenvalue weighted by Crippen LogP contribution is -2.44. The third-order valence-electron chi connectivity index (χ3n) is 10.0. The monoisotopic (exact) mass is 572 g/mol. The summed E-state index contributed by atoms with van der Waals surface area (Å²) in [6, 6.07) is 6.79. The first-order valence-corrected chi connectivity index (χ1v) is 15.1. The second kappa shape index (κ2) is 9.70. The van der Waals surface area contributed by atoms with Gasteiger partial charge in [-0.2, -0.15) is 9.97 Å². The van der Waals surface area contributed by atoms with E-state index in [2.05, 4.69) is 25.1 Å². The fraction of sp³-hybridized carbons (Fsp3) is 0.469. The summed E-state index contributed by atoms with van der Waals surface area (Å²) in [6.07, 6.45) is 7.50. The maximum Gasteiger partial charge on any atom is 0.319 e. The maximum atomic E-state index is 16.7. The lowest BCUT2D eigenvalue weighted by Gasteiger charge is -2.32. The highest BCUT2D eigenvalue weighted by Gasteiger charge is 2.45. The Balaban J connectivity index is 1.29. The molecule has 4 fully saturated rings. The van der Waals surface area contributed by atoms with Crippen molar-refractivity contribution in [2.75, 3.05) is 37.7 Å². The van der Waals surface area contributed by atoms with E-state index in [1.807, 2.05) is 6.92 Å². The molecule has 10 heteroatoms. The van der Waals surface area contributed by atoms with Gasteiger partial charge in [-0.3, -0.25) is 9.88 Å². The molecule has 4 aromatic rings. The van der Waals surface area contributed by atoms with Crippen molar-refractivity contribution in [2.24, 2.45) is 0 Å². The van der Waals surface area contributed by atoms with Crippen LogP contribution in [0.25, 0.3) is 32.9 Å². The highest BCUT2D eigenvalue weighted by molar-refractivity contribution is 6.01. The Morgan fingerprint density at radius 1 is 1.14 bits per heavy atom. The average molecular weight is 573 g/mol. The summed E-state index contributed by atoms with van der Waals surface area (Å²) in [6.45, 7) is 6.11. The van der Waals surface area contributed by atoms with E-state index >= 15 is 4.39 Å². The van der Waals surface area contributed by atoms with Crippen LogP contribution in [0.3, 0.4) is 0 Å². The Labute approximate surface area is 242 Å². The molecule has 4 aliphatic heterocycles. The number of phenols is 1. The van der Waals surface area contributed by atoms with Crippen molar-refractivity contribution in [1.82, 2.24) is 25.2 Å². The van der Waals surface area contributed by atoms with Gasteiger partial charge in [0.05, 0.1) is 10.9 Å². The fourth-order valence-electron chi connectivity index (χ4n) is 8.01. The molecule has 0 aliphatic carbocycles. The standard InChI is InChI=1S/C32H34F2N6O2/c1-2-22-25(33)6-5-18-11-21(41)13-23(26(18)22)28-27(34)29-24(15-36-28)30(40-16-19-12-20(40)14-35-19)38-31(37-29)42-17-32-7-3-9-39(32)10-4-8-32/h5-6,11,13,15,19-20,35,41H,2-4,7-10,12,14,16-17H2,1H3/t19-,20-/m1/s1. The number of aromatic hydroxyl groups is 1. The van der Waals surface area contributed by atoms with Gasteiger partial charge in [-0.05, 0) is 86.1 Å². The van der Waals surface area contributed by atoms with Crippen LogP contribution in [-0.2, 0) is 6.42 Å². The normalized spacial score (nSPS) is 23.0. The second-order valence-electron chi connectivity index (χ2n) is 12.3. The molecule has 6 heterocycles. The van der Waals surface area contributed by atoms with Crippen LogP contribution in [0, 0.1) is 11.6 Å². The average Bonchev–Trinajstić information content (AvgIpc) is 3.78. The zero-order valence-corrected chi connectivity index (χ0v) is 23.7. The zero-order chi connectivity index (χ0) is 28.6. The number of aryl methyl sites for hydroxylation is 1. The van der Waals surface area contributed by atoms with Crippen molar-refractivity contribution >= 4 is 27.5 Å². The van der Waals surface area contributed by atoms with Crippen molar-refractivity contribution in [3.8, 4) is 23.0 Å². The largest absolute Gasteiger partial charge is 0.508 e. The quantitative estimate of drug-likeness (QED) is 0.336. The first-order chi connectivity index (χ1) is 20.4. The number of aromatic nitrogens is 3. The molecule has 4 aliphatic rings. The second-order valence-corrected chi connectivity index (χ2v) is 12.3. The molecule has 2 atom stereocenters. The highest BCUT2D eigenvalue weighted by atomic mass is 19.1. The van der Waals surface area contributed by atoms with Crippen LogP contribution in [0.5, 0.6) is 11.8 Å². The molecule has 2 aromatic carbocycles. The van der Waals surface area contributed by atoms with Crippen molar-refractivity contribution in [3.63, 3.8) is 0 Å². The zero-order valence-electron chi connectivity index (χ0n) is 23.7. The van der Waals surface area contributed by atoms with Gasteiger partial charge < -0.3 is 20.1 Å². The lowest BCUT2D eigenvalue weighted by atomic mass is 9.94. The van der Waals surface area contributed by atoms with Crippen LogP contribution in [0.1, 0.15) is 44.6 Å². The fourth-order valence-corrected chi connectivity index (χ4v) is 8.01. The van der Waals surface area contributed by atoms with Gasteiger partial charge in [-0.25, -0.2) is 8.78 Å². The summed E-state index contributed by atoms with van der Waals surface area (Å²) in [4.78, 5) is 18.8. The van der Waals surface area contributed by atoms with Crippen LogP contribution in [0.2, 0.25) is 0 Å². The van der Waals surface area contributed by atoms with Gasteiger partial charge in [-0.1, -0.05) is 13.0 Å². The Bertz CT molecular complexity index is 1720. The summed E-state index contributed by atoms with van der Waals surface area (Å²) < 4.78 is 38.0. The van der Waals surface area contributed by atoms with Gasteiger partial charge in [0.15, 0.2) is 5.82 Å². The molecular formula is C32H34F2N6O2. The molecule has 8 rings (SSSR count). The van der Waals surface area contributed by atoms with E-state index in [0.717, 1.165) is 58.3 Å². The number of nitrogens with one attached hydrogen (secondary N) is 1. The molecule has 2 bridgehead atoms. The molecule has 0 spiro atoms. The SMILES string of the molecule is CCc1c(F)ccc2cc(O)cc(-c3ncc4c(N5C[C@H]6C[C@@H]5CN6)nc(OCC56CCCN5CCC6)nc4c3F)c12. The number of pyridine rings is 1. The minimum absolute atomic E-state index is 0.00182. The molecule has 8 nitrogen and oxygen atoms in total. The Hall–Kier alpha value is -3.63. The first-order valence-electron chi connectivity index (χ1n) is 15.1. The predicted molar refractivity (Wildman–Crippen MR) is 157 cm³/mol. The first kappa shape index (κ1) is 26.0. The lowest BCUT2D eigenvalue weighted by molar-refractivity contribution is 0.108. The van der Waals surface area contributed by atoms with Gasteiger partial charge in [0, 0.05) is 36.9 Å². The molecule has 2 aromatic heterocycles. The van der Waals surface area contributed by atoms with Crippen molar-refractivity contribution in [2.45, 2.75) is 63.1 Å². The van der Waals surface area contributed by atoms with Gasteiger partial charge in [0.25, 0.3) is 0 Å². The van der Waals surface area contributed by atoms with Crippen LogP contribution in [-0.4, -0.2) is 75.4 Å². The number of nitrogens with zero attached hydrogens (tertiary/aromatic N) is 5. The van der Waals surface area contributed by atoms with E-state index in [4.69, 9.17) is 9.72 Å². The van der Waals surface area contributed by atoms with E-state index in [1.165, 1.54) is 12.1 Å². The number of rotatable bonds is 6. The molecule has 0 saturated carbocycles. The molecule has 42 heavy (non-hydrogen) atoms. The number of piperazine rings is 1. The third kappa shape index (κ3) is 3.95. The van der Waals surface area contributed by atoms with Gasteiger partial charge in [0.1, 0.15) is 35.2 Å².